The van der Waals surface area contributed by atoms with Crippen LogP contribution in [0.2, 0.25) is 0 Å². The fraction of sp³-hybridized carbons (Fsp3) is 0.632. The fourth-order valence-corrected chi connectivity index (χ4v) is 2.36. The van der Waals surface area contributed by atoms with Crippen molar-refractivity contribution >= 4 is 35.6 Å². The van der Waals surface area contributed by atoms with Gasteiger partial charge in [0.15, 0.2) is 5.96 Å². The van der Waals surface area contributed by atoms with Gasteiger partial charge in [0.05, 0.1) is 6.61 Å². The van der Waals surface area contributed by atoms with Crippen molar-refractivity contribution in [1.82, 2.24) is 10.2 Å². The molecule has 0 bridgehead atoms. The van der Waals surface area contributed by atoms with Crippen LogP contribution in [0.3, 0.4) is 0 Å². The number of hydrogen-bond acceptors (Lipinski definition) is 3. The lowest BCUT2D eigenvalue weighted by atomic mass is 10.3. The summed E-state index contributed by atoms with van der Waals surface area (Å²) in [6.07, 6.45) is 3.70. The van der Waals surface area contributed by atoms with Crippen LogP contribution in [-0.4, -0.2) is 57.3 Å². The number of rotatable bonds is 11. The Kier molecular flexibility index (Phi) is 11.6. The molecule has 1 saturated carbocycles. The Balaban J connectivity index is 0.00000312. The van der Waals surface area contributed by atoms with Gasteiger partial charge in [0.1, 0.15) is 0 Å². The second kappa shape index (κ2) is 13.2. The molecular formula is C19H33IN4O. The fourth-order valence-electron chi connectivity index (χ4n) is 2.36. The number of hydrogen-bond donors (Lipinski definition) is 2. The normalized spacial score (nSPS) is 13.9. The molecule has 1 aromatic rings. The molecule has 0 atom stereocenters. The Bertz CT molecular complexity index is 480. The SMILES string of the molecule is CCNC(=NCCCNc1ccccc1)N(C)CCOCC1CC1.I. The summed E-state index contributed by atoms with van der Waals surface area (Å²) in [6, 6.07) is 10.3. The van der Waals surface area contributed by atoms with Crippen LogP contribution < -0.4 is 10.6 Å². The number of nitrogens with zero attached hydrogens (tertiary/aromatic N) is 2. The van der Waals surface area contributed by atoms with Gasteiger partial charge in [-0.05, 0) is 44.2 Å². The molecule has 2 rings (SSSR count). The number of para-hydroxylation sites is 1. The molecule has 0 aromatic heterocycles. The molecule has 25 heavy (non-hydrogen) atoms. The quantitative estimate of drug-likeness (QED) is 0.230. The zero-order chi connectivity index (χ0) is 17.0. The monoisotopic (exact) mass is 460 g/mol. The van der Waals surface area contributed by atoms with Crippen LogP contribution in [0, 0.1) is 5.92 Å². The molecule has 1 aliphatic rings. The van der Waals surface area contributed by atoms with E-state index in [0.29, 0.717) is 0 Å². The van der Waals surface area contributed by atoms with E-state index < -0.39 is 0 Å². The van der Waals surface area contributed by atoms with E-state index in [1.165, 1.54) is 18.5 Å². The van der Waals surface area contributed by atoms with Crippen molar-refractivity contribution in [3.8, 4) is 0 Å². The lowest BCUT2D eigenvalue weighted by Gasteiger charge is -2.22. The van der Waals surface area contributed by atoms with Gasteiger partial charge >= 0.3 is 0 Å². The predicted molar refractivity (Wildman–Crippen MR) is 117 cm³/mol. The van der Waals surface area contributed by atoms with E-state index in [9.17, 15) is 0 Å². The molecule has 0 heterocycles. The lowest BCUT2D eigenvalue weighted by Crippen LogP contribution is -2.40. The smallest absolute Gasteiger partial charge is 0.193 e. The third-order valence-electron chi connectivity index (χ3n) is 4.02. The molecule has 5 nitrogen and oxygen atoms in total. The van der Waals surface area contributed by atoms with E-state index in [0.717, 1.165) is 57.7 Å². The van der Waals surface area contributed by atoms with Gasteiger partial charge in [0.2, 0.25) is 0 Å². The van der Waals surface area contributed by atoms with E-state index in [4.69, 9.17) is 9.73 Å². The van der Waals surface area contributed by atoms with E-state index in [1.807, 2.05) is 18.2 Å². The van der Waals surface area contributed by atoms with Crippen LogP contribution in [0.4, 0.5) is 5.69 Å². The maximum absolute atomic E-state index is 5.71. The summed E-state index contributed by atoms with van der Waals surface area (Å²) in [6.45, 7) is 7.30. The number of likely N-dealkylation sites (N-methyl/N-ethyl adjacent to an activating group) is 1. The Morgan fingerprint density at radius 2 is 2.04 bits per heavy atom. The molecule has 1 aromatic carbocycles. The van der Waals surface area contributed by atoms with E-state index in [-0.39, 0.29) is 24.0 Å². The van der Waals surface area contributed by atoms with Gasteiger partial charge in [-0.1, -0.05) is 18.2 Å². The van der Waals surface area contributed by atoms with Gasteiger partial charge in [-0.25, -0.2) is 0 Å². The van der Waals surface area contributed by atoms with Crippen molar-refractivity contribution in [2.24, 2.45) is 10.9 Å². The topological polar surface area (TPSA) is 48.9 Å². The number of benzene rings is 1. The summed E-state index contributed by atoms with van der Waals surface area (Å²) in [5, 5.41) is 6.77. The number of nitrogens with one attached hydrogen (secondary N) is 2. The molecule has 1 fully saturated rings. The molecule has 0 radical (unpaired) electrons. The minimum atomic E-state index is 0. The first-order valence-corrected chi connectivity index (χ1v) is 9.15. The Morgan fingerprint density at radius 1 is 1.28 bits per heavy atom. The zero-order valence-corrected chi connectivity index (χ0v) is 17.9. The highest BCUT2D eigenvalue weighted by Crippen LogP contribution is 2.28. The molecule has 0 saturated heterocycles. The summed E-state index contributed by atoms with van der Waals surface area (Å²) < 4.78 is 5.71. The van der Waals surface area contributed by atoms with Crippen molar-refractivity contribution in [1.29, 1.82) is 0 Å². The Morgan fingerprint density at radius 3 is 2.72 bits per heavy atom. The minimum absolute atomic E-state index is 0. The van der Waals surface area contributed by atoms with Gasteiger partial charge in [0, 0.05) is 45.5 Å². The molecule has 6 heteroatoms. The number of halogens is 1. The summed E-state index contributed by atoms with van der Waals surface area (Å²) in [7, 11) is 2.07. The van der Waals surface area contributed by atoms with E-state index in [1.54, 1.807) is 0 Å². The highest BCUT2D eigenvalue weighted by atomic mass is 127. The maximum Gasteiger partial charge on any atom is 0.193 e. The molecule has 142 valence electrons. The lowest BCUT2D eigenvalue weighted by molar-refractivity contribution is 0.115. The van der Waals surface area contributed by atoms with Crippen molar-refractivity contribution < 1.29 is 4.74 Å². The first kappa shape index (κ1) is 22.0. The van der Waals surface area contributed by atoms with Gasteiger partial charge in [-0.3, -0.25) is 4.99 Å². The molecule has 1 aliphatic carbocycles. The Hall–Kier alpha value is -1.02. The van der Waals surface area contributed by atoms with Crippen LogP contribution in [0.25, 0.3) is 0 Å². The van der Waals surface area contributed by atoms with Gasteiger partial charge in [-0.15, -0.1) is 24.0 Å². The average molecular weight is 460 g/mol. The number of guanidine groups is 1. The number of aliphatic imine (C=N–C) groups is 1. The molecule has 0 amide bonds. The van der Waals surface area contributed by atoms with Crippen LogP contribution in [0.5, 0.6) is 0 Å². The summed E-state index contributed by atoms with van der Waals surface area (Å²) in [5.41, 5.74) is 1.17. The largest absolute Gasteiger partial charge is 0.385 e. The summed E-state index contributed by atoms with van der Waals surface area (Å²) >= 11 is 0. The molecule has 2 N–H and O–H groups in total. The maximum atomic E-state index is 5.71. The highest BCUT2D eigenvalue weighted by molar-refractivity contribution is 14.0. The second-order valence-corrected chi connectivity index (χ2v) is 6.32. The minimum Gasteiger partial charge on any atom is -0.385 e. The van der Waals surface area contributed by atoms with E-state index in [2.05, 4.69) is 41.6 Å². The zero-order valence-electron chi connectivity index (χ0n) is 15.5. The van der Waals surface area contributed by atoms with Crippen molar-refractivity contribution in [2.45, 2.75) is 26.2 Å². The van der Waals surface area contributed by atoms with Crippen molar-refractivity contribution in [3.63, 3.8) is 0 Å². The van der Waals surface area contributed by atoms with Crippen LogP contribution in [0.1, 0.15) is 26.2 Å². The summed E-state index contributed by atoms with van der Waals surface area (Å²) in [4.78, 5) is 6.86. The standard InChI is InChI=1S/C19H32N4O.HI/c1-3-20-19(23(2)14-15-24-16-17-10-11-17)22-13-7-12-21-18-8-5-4-6-9-18;/h4-6,8-9,17,21H,3,7,10-16H2,1-2H3,(H,20,22);1H. The van der Waals surface area contributed by atoms with Gasteiger partial charge < -0.3 is 20.3 Å². The van der Waals surface area contributed by atoms with Crippen molar-refractivity contribution in [2.75, 3.05) is 51.8 Å². The van der Waals surface area contributed by atoms with Gasteiger partial charge in [-0.2, -0.15) is 0 Å². The van der Waals surface area contributed by atoms with E-state index >= 15 is 0 Å². The third kappa shape index (κ3) is 9.89. The van der Waals surface area contributed by atoms with Crippen LogP contribution >= 0.6 is 24.0 Å². The number of ether oxygens (including phenoxy) is 1. The molecule has 0 unspecified atom stereocenters. The third-order valence-corrected chi connectivity index (χ3v) is 4.02. The molecule has 0 spiro atoms. The average Bonchev–Trinajstić information content (AvgIpc) is 3.42. The number of anilines is 1. The molecule has 0 aliphatic heterocycles. The van der Waals surface area contributed by atoms with Crippen LogP contribution in [0.15, 0.2) is 35.3 Å². The van der Waals surface area contributed by atoms with Crippen molar-refractivity contribution in [3.05, 3.63) is 30.3 Å². The Labute approximate surface area is 169 Å². The van der Waals surface area contributed by atoms with Crippen LogP contribution in [-0.2, 0) is 4.74 Å². The first-order chi connectivity index (χ1) is 11.8. The molecular weight excluding hydrogens is 427 g/mol. The van der Waals surface area contributed by atoms with Gasteiger partial charge in [0.25, 0.3) is 0 Å². The second-order valence-electron chi connectivity index (χ2n) is 6.32. The first-order valence-electron chi connectivity index (χ1n) is 9.15. The summed E-state index contributed by atoms with van der Waals surface area (Å²) in [5.74, 6) is 1.79. The predicted octanol–water partition coefficient (Wildman–Crippen LogP) is 3.43. The highest BCUT2D eigenvalue weighted by Gasteiger charge is 2.21.